The Kier molecular flexibility index (Phi) is 6.69. The molecule has 0 aliphatic heterocycles. The Morgan fingerprint density at radius 2 is 1.69 bits per heavy atom. The van der Waals surface area contributed by atoms with Crippen molar-refractivity contribution in [3.8, 4) is 5.75 Å². The summed E-state index contributed by atoms with van der Waals surface area (Å²) in [5.74, 6) is -0.610. The molecule has 26 heavy (non-hydrogen) atoms. The van der Waals surface area contributed by atoms with E-state index in [1.165, 1.54) is 30.1 Å². The third-order valence-electron chi connectivity index (χ3n) is 3.07. The van der Waals surface area contributed by atoms with Crippen LogP contribution in [-0.2, 0) is 0 Å². The molecule has 134 valence electrons. The largest absolute Gasteiger partial charge is 0.507 e. The molecule has 7 N–H and O–H groups in total. The maximum Gasteiger partial charge on any atom is 0.339 e. The second kappa shape index (κ2) is 9.19. The topological polar surface area (TPSA) is 134 Å². The summed E-state index contributed by atoms with van der Waals surface area (Å²) >= 11 is 1.51. The summed E-state index contributed by atoms with van der Waals surface area (Å²) in [7, 11) is 0. The average Bonchev–Trinajstić information content (AvgIpc) is 2.64. The first-order valence-corrected chi connectivity index (χ1v) is 8.28. The number of aromatic nitrogens is 1. The highest BCUT2D eigenvalue weighted by Crippen LogP contribution is 2.20. The molecule has 0 atom stereocenters. The number of pyridine rings is 1. The van der Waals surface area contributed by atoms with Gasteiger partial charge in [-0.25, -0.2) is 9.78 Å². The zero-order chi connectivity index (χ0) is 18.9. The number of benzene rings is 2. The number of nitrogens with two attached hydrogens (primary N) is 2. The zero-order valence-electron chi connectivity index (χ0n) is 13.7. The second-order valence-corrected chi connectivity index (χ2v) is 5.95. The molecule has 7 nitrogen and oxygen atoms in total. The normalized spacial score (nSPS) is 9.69. The van der Waals surface area contributed by atoms with Gasteiger partial charge in [0, 0.05) is 22.5 Å². The van der Waals surface area contributed by atoms with Gasteiger partial charge in [0.15, 0.2) is 0 Å². The van der Waals surface area contributed by atoms with Gasteiger partial charge >= 0.3 is 5.97 Å². The Balaban J connectivity index is 0.000000197. The molecule has 1 heterocycles. The average molecular weight is 370 g/mol. The van der Waals surface area contributed by atoms with Crippen LogP contribution >= 0.6 is 11.9 Å². The summed E-state index contributed by atoms with van der Waals surface area (Å²) in [6.45, 7) is 0. The minimum absolute atomic E-state index is 0.176. The van der Waals surface area contributed by atoms with Gasteiger partial charge in [-0.05, 0) is 66.5 Å². The van der Waals surface area contributed by atoms with E-state index in [4.69, 9.17) is 21.7 Å². The van der Waals surface area contributed by atoms with Crippen molar-refractivity contribution >= 4 is 35.1 Å². The van der Waals surface area contributed by atoms with Crippen LogP contribution in [0.25, 0.3) is 0 Å². The van der Waals surface area contributed by atoms with E-state index < -0.39 is 5.97 Å². The molecule has 0 unspecified atom stereocenters. The third kappa shape index (κ3) is 5.91. The number of anilines is 3. The van der Waals surface area contributed by atoms with E-state index in [2.05, 4.69) is 9.71 Å². The van der Waals surface area contributed by atoms with Crippen molar-refractivity contribution in [3.05, 3.63) is 72.4 Å². The highest BCUT2D eigenvalue weighted by atomic mass is 32.2. The van der Waals surface area contributed by atoms with Crippen LogP contribution in [0.1, 0.15) is 10.4 Å². The standard InChI is InChI=1S/C11H11N3S.C7H7NO3/c12-9-4-6-10(7-5-9)15-14-11-3-1-2-8-13-11;8-4-1-2-6(9)5(3-4)7(10)11/h1-8H,12H2,(H,13,14);1-3,9H,8H2,(H,10,11). The zero-order valence-corrected chi connectivity index (χ0v) is 14.5. The predicted molar refractivity (Wildman–Crippen MR) is 104 cm³/mol. The molecule has 0 aliphatic carbocycles. The van der Waals surface area contributed by atoms with Crippen LogP contribution in [-0.4, -0.2) is 21.2 Å². The first-order chi connectivity index (χ1) is 12.5. The number of rotatable bonds is 4. The van der Waals surface area contributed by atoms with Gasteiger partial charge in [-0.2, -0.15) is 0 Å². The van der Waals surface area contributed by atoms with Crippen LogP contribution in [0.15, 0.2) is 71.8 Å². The minimum atomic E-state index is -1.19. The van der Waals surface area contributed by atoms with Gasteiger partial charge in [0.25, 0.3) is 0 Å². The van der Waals surface area contributed by atoms with E-state index in [0.29, 0.717) is 5.69 Å². The highest BCUT2D eigenvalue weighted by Gasteiger charge is 2.08. The van der Waals surface area contributed by atoms with Crippen molar-refractivity contribution in [2.75, 3.05) is 16.2 Å². The van der Waals surface area contributed by atoms with Crippen LogP contribution in [0.3, 0.4) is 0 Å². The van der Waals surface area contributed by atoms with Crippen molar-refractivity contribution in [2.24, 2.45) is 0 Å². The monoisotopic (exact) mass is 370 g/mol. The van der Waals surface area contributed by atoms with Gasteiger partial charge in [0.2, 0.25) is 0 Å². The molecule has 0 saturated heterocycles. The van der Waals surface area contributed by atoms with E-state index in [1.54, 1.807) is 6.20 Å². The molecule has 3 aromatic rings. The van der Waals surface area contributed by atoms with Gasteiger partial charge in [0.05, 0.1) is 0 Å². The van der Waals surface area contributed by atoms with Crippen LogP contribution < -0.4 is 16.2 Å². The van der Waals surface area contributed by atoms with Crippen LogP contribution in [0.2, 0.25) is 0 Å². The predicted octanol–water partition coefficient (Wildman–Crippen LogP) is 3.46. The second-order valence-electron chi connectivity index (χ2n) is 5.07. The lowest BCUT2D eigenvalue weighted by Gasteiger charge is -2.03. The Labute approximate surface area is 154 Å². The van der Waals surface area contributed by atoms with Crippen LogP contribution in [0.4, 0.5) is 17.2 Å². The smallest absolute Gasteiger partial charge is 0.339 e. The van der Waals surface area contributed by atoms with Gasteiger partial charge in [-0.3, -0.25) is 0 Å². The molecule has 0 aliphatic rings. The Hall–Kier alpha value is -3.39. The maximum absolute atomic E-state index is 10.4. The Morgan fingerprint density at radius 1 is 1.00 bits per heavy atom. The lowest BCUT2D eigenvalue weighted by atomic mass is 10.2. The SMILES string of the molecule is Nc1ccc(O)c(C(=O)O)c1.Nc1ccc(SNc2ccccn2)cc1. The van der Waals surface area contributed by atoms with Crippen LogP contribution in [0.5, 0.6) is 5.75 Å². The summed E-state index contributed by atoms with van der Waals surface area (Å²) in [6, 6.07) is 17.3. The van der Waals surface area contributed by atoms with Crippen molar-refractivity contribution < 1.29 is 15.0 Å². The fraction of sp³-hybridized carbons (Fsp3) is 0. The Bertz CT molecular complexity index is 858. The number of nitrogens with zero attached hydrogens (tertiary/aromatic N) is 1. The minimum Gasteiger partial charge on any atom is -0.507 e. The summed E-state index contributed by atoms with van der Waals surface area (Å²) in [4.78, 5) is 15.6. The number of aromatic carboxylic acids is 1. The quantitative estimate of drug-likeness (QED) is 0.268. The number of hydrogen-bond acceptors (Lipinski definition) is 7. The molecule has 0 radical (unpaired) electrons. The number of nitrogens with one attached hydrogen (secondary N) is 1. The summed E-state index contributed by atoms with van der Waals surface area (Å²) in [5, 5.41) is 17.4. The molecule has 0 saturated carbocycles. The van der Waals surface area contributed by atoms with Crippen molar-refractivity contribution in [1.82, 2.24) is 4.98 Å². The first-order valence-electron chi connectivity index (χ1n) is 7.47. The molecular formula is C18H18N4O3S. The lowest BCUT2D eigenvalue weighted by Crippen LogP contribution is -1.97. The molecule has 8 heteroatoms. The van der Waals surface area contributed by atoms with Gasteiger partial charge in [-0.15, -0.1) is 0 Å². The van der Waals surface area contributed by atoms with E-state index in [-0.39, 0.29) is 11.3 Å². The fourth-order valence-electron chi connectivity index (χ4n) is 1.80. The first kappa shape index (κ1) is 18.9. The Morgan fingerprint density at radius 3 is 2.27 bits per heavy atom. The van der Waals surface area contributed by atoms with Crippen molar-refractivity contribution in [1.29, 1.82) is 0 Å². The number of aromatic hydroxyl groups is 1. The third-order valence-corrected chi connectivity index (χ3v) is 3.89. The van der Waals surface area contributed by atoms with Gasteiger partial charge in [0.1, 0.15) is 17.1 Å². The molecule has 0 fully saturated rings. The molecular weight excluding hydrogens is 352 g/mol. The van der Waals surface area contributed by atoms with E-state index in [0.717, 1.165) is 16.4 Å². The van der Waals surface area contributed by atoms with E-state index in [1.807, 2.05) is 42.5 Å². The molecule has 2 aromatic carbocycles. The highest BCUT2D eigenvalue weighted by molar-refractivity contribution is 8.00. The summed E-state index contributed by atoms with van der Waals surface area (Å²) in [5.41, 5.74) is 11.8. The number of phenols is 1. The van der Waals surface area contributed by atoms with E-state index in [9.17, 15) is 4.79 Å². The number of nitrogen functional groups attached to an aromatic ring is 2. The van der Waals surface area contributed by atoms with Gasteiger partial charge in [-0.1, -0.05) is 6.07 Å². The van der Waals surface area contributed by atoms with Crippen molar-refractivity contribution in [2.45, 2.75) is 4.90 Å². The number of carbonyl (C=O) groups is 1. The number of carboxylic acid groups (broad SMARTS) is 1. The molecule has 1 aromatic heterocycles. The number of hydrogen-bond donors (Lipinski definition) is 5. The molecule has 0 amide bonds. The number of carboxylic acids is 1. The molecule has 3 rings (SSSR count). The van der Waals surface area contributed by atoms with Crippen molar-refractivity contribution in [3.63, 3.8) is 0 Å². The fourth-order valence-corrected chi connectivity index (χ4v) is 2.41. The molecule has 0 bridgehead atoms. The lowest BCUT2D eigenvalue weighted by molar-refractivity contribution is 0.0694. The van der Waals surface area contributed by atoms with Gasteiger partial charge < -0.3 is 26.4 Å². The maximum atomic E-state index is 10.4. The summed E-state index contributed by atoms with van der Waals surface area (Å²) in [6.07, 6.45) is 1.76. The molecule has 0 spiro atoms. The van der Waals surface area contributed by atoms with Crippen LogP contribution in [0, 0.1) is 0 Å². The summed E-state index contributed by atoms with van der Waals surface area (Å²) < 4.78 is 3.15. The van der Waals surface area contributed by atoms with E-state index >= 15 is 0 Å².